The normalized spacial score (nSPS) is 13.9. The van der Waals surface area contributed by atoms with Gasteiger partial charge in [0.15, 0.2) is 6.61 Å². The summed E-state index contributed by atoms with van der Waals surface area (Å²) in [5.74, 6) is -0.00322. The molecule has 0 saturated carbocycles. The average molecular weight is 499 g/mol. The van der Waals surface area contributed by atoms with E-state index in [0.29, 0.717) is 18.7 Å². The second-order valence-electron chi connectivity index (χ2n) is 8.33. The lowest BCUT2D eigenvalue weighted by atomic mass is 10.1. The molecule has 1 amide bonds. The van der Waals surface area contributed by atoms with E-state index in [0.717, 1.165) is 18.4 Å². The zero-order valence-corrected chi connectivity index (χ0v) is 20.5. The van der Waals surface area contributed by atoms with E-state index in [2.05, 4.69) is 17.4 Å². The second-order valence-corrected chi connectivity index (χ2v) is 10.6. The van der Waals surface area contributed by atoms with Crippen molar-refractivity contribution in [2.75, 3.05) is 17.5 Å². The first kappa shape index (κ1) is 24.1. The van der Waals surface area contributed by atoms with E-state index < -0.39 is 10.0 Å². The molecule has 0 aromatic heterocycles. The summed E-state index contributed by atoms with van der Waals surface area (Å²) in [5.41, 5.74) is 2.91. The topological polar surface area (TPSA) is 75.7 Å². The Hall–Kier alpha value is -3.03. The van der Waals surface area contributed by atoms with Gasteiger partial charge in [0.1, 0.15) is 5.75 Å². The van der Waals surface area contributed by atoms with Crippen molar-refractivity contribution in [3.8, 4) is 5.75 Å². The van der Waals surface area contributed by atoms with Crippen molar-refractivity contribution in [3.63, 3.8) is 0 Å². The third kappa shape index (κ3) is 5.54. The molecule has 34 heavy (non-hydrogen) atoms. The fourth-order valence-electron chi connectivity index (χ4n) is 4.00. The SMILES string of the molecule is C[C@H](CCc1ccccc1)NC(=O)COc1ccc(S(=O)(=O)N2CCc3ccccc32)cc1Cl. The molecule has 3 aromatic rings. The molecule has 0 fully saturated rings. The van der Waals surface area contributed by atoms with Crippen LogP contribution < -0.4 is 14.4 Å². The lowest BCUT2D eigenvalue weighted by Gasteiger charge is -2.20. The van der Waals surface area contributed by atoms with Crippen molar-refractivity contribution in [2.45, 2.75) is 37.1 Å². The Morgan fingerprint density at radius 1 is 1.09 bits per heavy atom. The molecule has 0 aliphatic carbocycles. The summed E-state index contributed by atoms with van der Waals surface area (Å²) in [7, 11) is -3.75. The molecule has 1 heterocycles. The standard InChI is InChI=1S/C26H27ClN2O4S/c1-19(11-12-20-7-3-2-4-8-20)28-26(30)18-33-25-14-13-22(17-23(25)27)34(31,32)29-16-15-21-9-5-6-10-24(21)29/h2-10,13-14,17,19H,11-12,15-16,18H2,1H3,(H,28,30)/t19-/m1/s1. The number of amides is 1. The highest BCUT2D eigenvalue weighted by Gasteiger charge is 2.31. The zero-order chi connectivity index (χ0) is 24.1. The maximum atomic E-state index is 13.2. The third-order valence-corrected chi connectivity index (χ3v) is 7.92. The number of halogens is 1. The van der Waals surface area contributed by atoms with Crippen molar-refractivity contribution < 1.29 is 17.9 Å². The van der Waals surface area contributed by atoms with Gasteiger partial charge in [-0.25, -0.2) is 8.42 Å². The first-order valence-electron chi connectivity index (χ1n) is 11.2. The van der Waals surface area contributed by atoms with Crippen LogP contribution in [0, 0.1) is 0 Å². The molecule has 0 spiro atoms. The Labute approximate surface area is 205 Å². The van der Waals surface area contributed by atoms with Gasteiger partial charge in [0, 0.05) is 12.6 Å². The molecular formula is C26H27ClN2O4S. The summed E-state index contributed by atoms with van der Waals surface area (Å²) in [6.07, 6.45) is 2.35. The number of anilines is 1. The molecular weight excluding hydrogens is 472 g/mol. The van der Waals surface area contributed by atoms with Crippen LogP contribution in [0.15, 0.2) is 77.7 Å². The number of hydrogen-bond acceptors (Lipinski definition) is 4. The molecule has 178 valence electrons. The van der Waals surface area contributed by atoms with Crippen LogP contribution in [0.2, 0.25) is 5.02 Å². The fourth-order valence-corrected chi connectivity index (χ4v) is 5.83. The van der Waals surface area contributed by atoms with Gasteiger partial charge < -0.3 is 10.1 Å². The van der Waals surface area contributed by atoms with Crippen LogP contribution in [0.25, 0.3) is 0 Å². The average Bonchev–Trinajstić information content (AvgIpc) is 3.28. The first-order chi connectivity index (χ1) is 16.3. The summed E-state index contributed by atoms with van der Waals surface area (Å²) in [6.45, 7) is 2.13. The molecule has 1 atom stereocenters. The van der Waals surface area contributed by atoms with E-state index in [1.165, 1.54) is 28.1 Å². The van der Waals surface area contributed by atoms with Gasteiger partial charge in [-0.15, -0.1) is 0 Å². The Bertz CT molecular complexity index is 1260. The smallest absolute Gasteiger partial charge is 0.264 e. The Morgan fingerprint density at radius 2 is 1.82 bits per heavy atom. The van der Waals surface area contributed by atoms with Crippen molar-refractivity contribution in [1.29, 1.82) is 0 Å². The van der Waals surface area contributed by atoms with Gasteiger partial charge in [0.25, 0.3) is 15.9 Å². The summed E-state index contributed by atoms with van der Waals surface area (Å²) >= 11 is 6.31. The lowest BCUT2D eigenvalue weighted by Crippen LogP contribution is -2.36. The number of ether oxygens (including phenoxy) is 1. The maximum Gasteiger partial charge on any atom is 0.264 e. The van der Waals surface area contributed by atoms with E-state index in [1.807, 2.05) is 43.3 Å². The van der Waals surface area contributed by atoms with Gasteiger partial charge >= 0.3 is 0 Å². The number of para-hydroxylation sites is 1. The quantitative estimate of drug-likeness (QED) is 0.467. The molecule has 1 aliphatic rings. The van der Waals surface area contributed by atoms with Crippen LogP contribution in [0.5, 0.6) is 5.75 Å². The Balaban J connectivity index is 1.33. The zero-order valence-electron chi connectivity index (χ0n) is 18.9. The van der Waals surface area contributed by atoms with Crippen molar-refractivity contribution >= 4 is 33.2 Å². The van der Waals surface area contributed by atoms with E-state index in [9.17, 15) is 13.2 Å². The first-order valence-corrected chi connectivity index (χ1v) is 13.0. The molecule has 8 heteroatoms. The number of carbonyl (C=O) groups excluding carboxylic acids is 1. The van der Waals surface area contributed by atoms with Crippen LogP contribution in [-0.4, -0.2) is 33.5 Å². The van der Waals surface area contributed by atoms with Crippen LogP contribution >= 0.6 is 11.6 Å². The highest BCUT2D eigenvalue weighted by atomic mass is 35.5. The molecule has 0 saturated heterocycles. The highest BCUT2D eigenvalue weighted by Crippen LogP contribution is 2.35. The number of nitrogens with zero attached hydrogens (tertiary/aromatic N) is 1. The number of hydrogen-bond donors (Lipinski definition) is 1. The fraction of sp³-hybridized carbons (Fsp3) is 0.269. The van der Waals surface area contributed by atoms with Gasteiger partial charge in [-0.2, -0.15) is 0 Å². The lowest BCUT2D eigenvalue weighted by molar-refractivity contribution is -0.123. The minimum atomic E-state index is -3.75. The highest BCUT2D eigenvalue weighted by molar-refractivity contribution is 7.92. The van der Waals surface area contributed by atoms with Crippen molar-refractivity contribution in [1.82, 2.24) is 5.32 Å². The number of rotatable bonds is 9. The predicted octanol–water partition coefficient (Wildman–Crippen LogP) is 4.61. The summed E-state index contributed by atoms with van der Waals surface area (Å²) < 4.78 is 33.3. The molecule has 6 nitrogen and oxygen atoms in total. The van der Waals surface area contributed by atoms with E-state index in [4.69, 9.17) is 16.3 Å². The second kappa shape index (κ2) is 10.5. The summed E-state index contributed by atoms with van der Waals surface area (Å²) in [6, 6.07) is 21.9. The van der Waals surface area contributed by atoms with Crippen molar-refractivity contribution in [3.05, 3.63) is 88.9 Å². The molecule has 1 aliphatic heterocycles. The molecule has 3 aromatic carbocycles. The van der Waals surface area contributed by atoms with Gasteiger partial charge in [0.05, 0.1) is 15.6 Å². The minimum absolute atomic E-state index is 0.0114. The largest absolute Gasteiger partial charge is 0.482 e. The van der Waals surface area contributed by atoms with E-state index >= 15 is 0 Å². The number of sulfonamides is 1. The number of nitrogens with one attached hydrogen (secondary N) is 1. The molecule has 1 N–H and O–H groups in total. The Morgan fingerprint density at radius 3 is 2.59 bits per heavy atom. The third-order valence-electron chi connectivity index (χ3n) is 5.81. The van der Waals surface area contributed by atoms with Gasteiger partial charge in [-0.3, -0.25) is 9.10 Å². The number of aryl methyl sites for hydroxylation is 1. The van der Waals surface area contributed by atoms with Crippen LogP contribution in [0.1, 0.15) is 24.5 Å². The molecule has 0 radical (unpaired) electrons. The number of benzene rings is 3. The van der Waals surface area contributed by atoms with E-state index in [1.54, 1.807) is 6.07 Å². The summed E-state index contributed by atoms with van der Waals surface area (Å²) in [4.78, 5) is 12.4. The maximum absolute atomic E-state index is 13.2. The van der Waals surface area contributed by atoms with Crippen LogP contribution in [-0.2, 0) is 27.7 Å². The molecule has 4 rings (SSSR count). The minimum Gasteiger partial charge on any atom is -0.482 e. The van der Waals surface area contributed by atoms with E-state index in [-0.39, 0.29) is 34.2 Å². The van der Waals surface area contributed by atoms with Crippen LogP contribution in [0.4, 0.5) is 5.69 Å². The van der Waals surface area contributed by atoms with Crippen molar-refractivity contribution in [2.24, 2.45) is 0 Å². The Kier molecular flexibility index (Phi) is 7.44. The number of carbonyl (C=O) groups is 1. The molecule has 0 bridgehead atoms. The monoisotopic (exact) mass is 498 g/mol. The van der Waals surface area contributed by atoms with Gasteiger partial charge in [0.2, 0.25) is 0 Å². The summed E-state index contributed by atoms with van der Waals surface area (Å²) in [5, 5.41) is 3.05. The predicted molar refractivity (Wildman–Crippen MR) is 134 cm³/mol. The molecule has 0 unspecified atom stereocenters. The van der Waals surface area contributed by atoms with Gasteiger partial charge in [-0.1, -0.05) is 60.1 Å². The van der Waals surface area contributed by atoms with Crippen LogP contribution in [0.3, 0.4) is 0 Å². The number of fused-ring (bicyclic) bond motifs is 1. The van der Waals surface area contributed by atoms with Gasteiger partial charge in [-0.05, 0) is 61.6 Å².